The average Bonchev–Trinajstić information content (AvgIpc) is 3.81. The van der Waals surface area contributed by atoms with Crippen LogP contribution < -0.4 is 9.47 Å². The van der Waals surface area contributed by atoms with Gasteiger partial charge in [0.25, 0.3) is 0 Å². The van der Waals surface area contributed by atoms with Crippen LogP contribution in [0.2, 0.25) is 0 Å². The van der Waals surface area contributed by atoms with Crippen LogP contribution in [0.4, 0.5) is 18.0 Å². The fourth-order valence-corrected chi connectivity index (χ4v) is 12.1. The Bertz CT molecular complexity index is 2290. The van der Waals surface area contributed by atoms with E-state index in [0.717, 1.165) is 23.6 Å². The summed E-state index contributed by atoms with van der Waals surface area (Å²) in [6, 6.07) is 21.7. The van der Waals surface area contributed by atoms with Gasteiger partial charge in [0.05, 0.1) is 24.5 Å². The molecule has 1 aromatic heterocycles. The first kappa shape index (κ1) is 37.7. The summed E-state index contributed by atoms with van der Waals surface area (Å²) in [6.45, 7) is 4.22. The van der Waals surface area contributed by atoms with Gasteiger partial charge in [0, 0.05) is 28.4 Å². The quantitative estimate of drug-likeness (QED) is 0.135. The van der Waals surface area contributed by atoms with Crippen molar-refractivity contribution in [3.63, 3.8) is 0 Å². The normalized spacial score (nSPS) is 33.9. The third kappa shape index (κ3) is 5.86. The largest absolute Gasteiger partial charge is 0.573 e. The highest BCUT2D eigenvalue weighted by atomic mass is 19.4. The zero-order valence-corrected chi connectivity index (χ0v) is 31.9. The van der Waals surface area contributed by atoms with Crippen LogP contribution in [0.3, 0.4) is 0 Å². The van der Waals surface area contributed by atoms with Gasteiger partial charge in [-0.1, -0.05) is 74.5 Å². The Kier molecular flexibility index (Phi) is 8.65. The summed E-state index contributed by atoms with van der Waals surface area (Å²) in [5.41, 5.74) is -2.48. The van der Waals surface area contributed by atoms with Gasteiger partial charge in [-0.25, -0.2) is 4.79 Å². The first-order chi connectivity index (χ1) is 27.1. The van der Waals surface area contributed by atoms with Gasteiger partial charge in [0.15, 0.2) is 5.76 Å². The first-order valence-electron chi connectivity index (χ1n) is 19.8. The number of nitrogens with zero attached hydrogens (tertiary/aromatic N) is 1. The molecule has 2 bridgehead atoms. The number of benzene rings is 3. The van der Waals surface area contributed by atoms with E-state index >= 15 is 0 Å². The first-order valence-corrected chi connectivity index (χ1v) is 19.8. The molecule has 6 aliphatic rings. The topological polar surface area (TPSA) is 109 Å². The third-order valence-electron chi connectivity index (χ3n) is 14.9. The minimum absolute atomic E-state index is 0.0551. The Morgan fingerprint density at radius 1 is 0.860 bits per heavy atom. The van der Waals surface area contributed by atoms with E-state index < -0.39 is 40.4 Å². The number of alkyl halides is 3. The highest BCUT2D eigenvalue weighted by Gasteiger charge is 2.74. The number of ether oxygens (including phenoxy) is 2. The van der Waals surface area contributed by atoms with Crippen LogP contribution in [0.15, 0.2) is 113 Å². The zero-order valence-electron chi connectivity index (χ0n) is 31.9. The second-order valence-electron chi connectivity index (χ2n) is 17.5. The lowest BCUT2D eigenvalue weighted by molar-refractivity contribution is -0.274. The molecule has 8 nitrogen and oxygen atoms in total. The van der Waals surface area contributed by atoms with Crippen molar-refractivity contribution in [2.45, 2.75) is 83.4 Å². The van der Waals surface area contributed by atoms with E-state index in [1.54, 1.807) is 24.3 Å². The molecule has 1 heterocycles. The minimum Gasteiger partial charge on any atom is -0.461 e. The summed E-state index contributed by atoms with van der Waals surface area (Å²) in [5.74, 6) is -0.130. The fraction of sp³-hybridized carbons (Fsp3) is 0.435. The van der Waals surface area contributed by atoms with Crippen molar-refractivity contribution in [3.05, 3.63) is 120 Å². The molecule has 10 rings (SSSR count). The number of Topliss-reactive ketones (excluding diaryl/α,β-unsaturated/α-hetero) is 1. The molecular weight excluding hydrogens is 736 g/mol. The highest BCUT2D eigenvalue weighted by molar-refractivity contribution is 6.08. The van der Waals surface area contributed by atoms with Gasteiger partial charge in [0.2, 0.25) is 5.78 Å². The molecule has 11 heteroatoms. The maximum Gasteiger partial charge on any atom is 0.573 e. The number of aliphatic hydroxyl groups excluding tert-OH is 1. The Labute approximate surface area is 328 Å². The Morgan fingerprint density at radius 3 is 2.30 bits per heavy atom. The van der Waals surface area contributed by atoms with Crippen LogP contribution in [-0.4, -0.2) is 51.6 Å². The number of fused-ring (bicyclic) bond motifs is 2. The second-order valence-corrected chi connectivity index (χ2v) is 17.5. The molecule has 3 fully saturated rings. The summed E-state index contributed by atoms with van der Waals surface area (Å²) in [6.07, 6.45) is 6.32. The summed E-state index contributed by atoms with van der Waals surface area (Å²) < 4.78 is 54.6. The molecule has 298 valence electrons. The molecule has 8 atom stereocenters. The molecule has 8 unspecified atom stereocenters. The molecule has 4 aromatic rings. The molecule has 0 saturated heterocycles. The van der Waals surface area contributed by atoms with Crippen molar-refractivity contribution in [1.82, 2.24) is 4.90 Å². The number of hydrogen-bond acceptors (Lipinski definition) is 7. The number of hydrogen-bond donors (Lipinski definition) is 2. The number of halogens is 3. The van der Waals surface area contributed by atoms with Gasteiger partial charge < -0.3 is 29.0 Å². The van der Waals surface area contributed by atoms with Gasteiger partial charge in [-0.05, 0) is 115 Å². The lowest BCUT2D eigenvalue weighted by Gasteiger charge is -2.71. The van der Waals surface area contributed by atoms with Crippen LogP contribution in [0.5, 0.6) is 11.5 Å². The molecule has 0 aliphatic heterocycles. The van der Waals surface area contributed by atoms with E-state index in [2.05, 4.69) is 36.8 Å². The van der Waals surface area contributed by atoms with Crippen LogP contribution >= 0.6 is 0 Å². The lowest BCUT2D eigenvalue weighted by atomic mass is 9.32. The summed E-state index contributed by atoms with van der Waals surface area (Å²) in [4.78, 5) is 30.3. The minimum atomic E-state index is -4.85. The summed E-state index contributed by atoms with van der Waals surface area (Å²) >= 11 is 0. The number of rotatable bonds is 8. The van der Waals surface area contributed by atoms with E-state index in [1.807, 2.05) is 30.3 Å². The van der Waals surface area contributed by atoms with Crippen LogP contribution in [0, 0.1) is 33.5 Å². The van der Waals surface area contributed by atoms with Gasteiger partial charge in [0.1, 0.15) is 11.5 Å². The second kappa shape index (κ2) is 13.1. The molecule has 2 N–H and O–H groups in total. The van der Waals surface area contributed by atoms with Crippen molar-refractivity contribution in [2.24, 2.45) is 33.5 Å². The van der Waals surface area contributed by atoms with Gasteiger partial charge in [-0.3, -0.25) is 4.79 Å². The predicted octanol–water partition coefficient (Wildman–Crippen LogP) is 9.81. The third-order valence-corrected chi connectivity index (χ3v) is 14.9. The van der Waals surface area contributed by atoms with Gasteiger partial charge >= 0.3 is 12.5 Å². The standard InChI is InChI=1S/C46H46F3NO7/c1-41-18-15-32(51)25-43(41)21-22-45(35(26-43)39(52)36-8-5-23-55-36)37(41)16-19-42(2)38(45)17-20-44(42,54)28-50(27-29-9-12-33(13-10-29)57-46(47,48)49)40(53)56-34-14-11-30-6-3-4-7-31(30)24-34/h3-14,21-24,26,32,37-38,51,54H,15-20,25,27-28H2,1-2H3. The zero-order chi connectivity index (χ0) is 40.0. The van der Waals surface area contributed by atoms with Crippen molar-refractivity contribution in [3.8, 4) is 11.5 Å². The van der Waals surface area contributed by atoms with Gasteiger partial charge in [-0.2, -0.15) is 0 Å². The highest BCUT2D eigenvalue weighted by Crippen LogP contribution is 2.78. The van der Waals surface area contributed by atoms with Crippen molar-refractivity contribution in [2.75, 3.05) is 6.54 Å². The number of allylic oxidation sites excluding steroid dienone is 4. The summed E-state index contributed by atoms with van der Waals surface area (Å²) in [5, 5.41) is 25.9. The molecule has 6 aliphatic carbocycles. The Morgan fingerprint density at radius 2 is 1.56 bits per heavy atom. The maximum atomic E-state index is 14.6. The van der Waals surface area contributed by atoms with E-state index in [9.17, 15) is 33.0 Å². The Balaban J connectivity index is 1.08. The molecule has 3 saturated carbocycles. The van der Waals surface area contributed by atoms with E-state index in [-0.39, 0.29) is 47.6 Å². The average molecular weight is 782 g/mol. The number of aliphatic hydroxyl groups is 2. The lowest BCUT2D eigenvalue weighted by Crippen LogP contribution is -2.67. The van der Waals surface area contributed by atoms with Crippen LogP contribution in [0.1, 0.15) is 74.9 Å². The van der Waals surface area contributed by atoms with Crippen molar-refractivity contribution >= 4 is 22.6 Å². The molecular formula is C46H46F3NO7. The predicted molar refractivity (Wildman–Crippen MR) is 205 cm³/mol. The molecule has 3 aromatic carbocycles. The molecule has 1 amide bonds. The number of furan rings is 1. The Hall–Kier alpha value is -4.87. The molecule has 0 radical (unpaired) electrons. The van der Waals surface area contributed by atoms with E-state index in [0.29, 0.717) is 49.0 Å². The number of carbonyl (C=O) groups is 2. The van der Waals surface area contributed by atoms with Crippen molar-refractivity contribution in [1.29, 1.82) is 0 Å². The van der Waals surface area contributed by atoms with Crippen molar-refractivity contribution < 1.29 is 46.9 Å². The maximum absolute atomic E-state index is 14.6. The fourth-order valence-electron chi connectivity index (χ4n) is 12.1. The SMILES string of the molecule is CC12CCC(O)CC13C=CC1(C(C(=O)c4ccco4)=C3)C2CCC2(C)C1CCC2(O)CN(Cc1ccc(OC(F)(F)F)cc1)C(=O)Oc1ccc2ccccc2c1. The number of carbonyl (C=O) groups excluding carboxylic acids is 2. The molecule has 57 heavy (non-hydrogen) atoms. The number of ketones is 1. The number of amides is 1. The summed E-state index contributed by atoms with van der Waals surface area (Å²) in [7, 11) is 0. The monoisotopic (exact) mass is 781 g/mol. The van der Waals surface area contributed by atoms with Crippen LogP contribution in [0.25, 0.3) is 10.8 Å². The van der Waals surface area contributed by atoms with E-state index in [1.165, 1.54) is 35.4 Å². The van der Waals surface area contributed by atoms with Crippen LogP contribution in [-0.2, 0) is 6.54 Å². The molecule has 2 spiro atoms. The smallest absolute Gasteiger partial charge is 0.461 e. The van der Waals surface area contributed by atoms with E-state index in [4.69, 9.17) is 9.15 Å². The van der Waals surface area contributed by atoms with Gasteiger partial charge in [-0.15, -0.1) is 13.2 Å².